The van der Waals surface area contributed by atoms with Gasteiger partial charge in [0.2, 0.25) is 0 Å². The van der Waals surface area contributed by atoms with E-state index in [1.165, 1.54) is 45.5 Å². The van der Waals surface area contributed by atoms with Gasteiger partial charge in [-0.15, -0.1) is 12.4 Å². The van der Waals surface area contributed by atoms with Gasteiger partial charge in [-0.05, 0) is 83.7 Å². The van der Waals surface area contributed by atoms with Crippen LogP contribution in [0.15, 0.2) is 78.4 Å². The fourth-order valence-electron chi connectivity index (χ4n) is 6.30. The minimum absolute atomic E-state index is 0. The molecule has 214 valence electrons. The maximum Gasteiger partial charge on any atom is 0.416 e. The number of rotatable bonds is 6. The number of fused-ring (bicyclic) bond motifs is 2. The van der Waals surface area contributed by atoms with Crippen molar-refractivity contribution in [1.29, 1.82) is 5.26 Å². The summed E-state index contributed by atoms with van der Waals surface area (Å²) in [5, 5.41) is 10.2. The van der Waals surface area contributed by atoms with E-state index in [4.69, 9.17) is 0 Å². The molecule has 1 saturated heterocycles. The van der Waals surface area contributed by atoms with Crippen LogP contribution in [0.2, 0.25) is 0 Å². The van der Waals surface area contributed by atoms with Crippen molar-refractivity contribution in [3.05, 3.63) is 112 Å². The van der Waals surface area contributed by atoms with Crippen LogP contribution in [0.3, 0.4) is 0 Å². The van der Waals surface area contributed by atoms with Gasteiger partial charge in [0.25, 0.3) is 0 Å². The molecule has 5 rings (SSSR count). The Morgan fingerprint density at radius 1 is 0.805 bits per heavy atom. The Balaban J connectivity index is 0.00000387. The van der Waals surface area contributed by atoms with E-state index >= 15 is 0 Å². The first-order valence-corrected chi connectivity index (χ1v) is 14.1. The van der Waals surface area contributed by atoms with E-state index in [2.05, 4.69) is 71.7 Å². The molecular formula is C35H36ClF3N2. The van der Waals surface area contributed by atoms with E-state index in [9.17, 15) is 18.4 Å². The van der Waals surface area contributed by atoms with Gasteiger partial charge in [0.15, 0.2) is 0 Å². The number of hydrogen-bond donors (Lipinski definition) is 0. The molecule has 1 aliphatic carbocycles. The molecule has 0 bridgehead atoms. The van der Waals surface area contributed by atoms with Crippen molar-refractivity contribution in [1.82, 2.24) is 4.90 Å². The van der Waals surface area contributed by atoms with E-state index in [1.807, 2.05) is 13.8 Å². The number of alkyl halides is 3. The monoisotopic (exact) mass is 576 g/mol. The minimum atomic E-state index is -4.38. The third kappa shape index (κ3) is 6.30. The molecule has 2 aliphatic rings. The first-order valence-electron chi connectivity index (χ1n) is 14.1. The second kappa shape index (κ2) is 12.7. The van der Waals surface area contributed by atoms with Crippen molar-refractivity contribution < 1.29 is 13.2 Å². The van der Waals surface area contributed by atoms with Crippen LogP contribution >= 0.6 is 12.4 Å². The lowest BCUT2D eigenvalue weighted by Crippen LogP contribution is -2.35. The van der Waals surface area contributed by atoms with Crippen LogP contribution in [-0.4, -0.2) is 24.5 Å². The van der Waals surface area contributed by atoms with E-state index in [0.717, 1.165) is 51.0 Å². The number of nitrogens with zero attached hydrogens (tertiary/aromatic N) is 2. The molecule has 1 unspecified atom stereocenters. The van der Waals surface area contributed by atoms with Gasteiger partial charge >= 0.3 is 6.18 Å². The first-order chi connectivity index (χ1) is 19.2. The lowest BCUT2D eigenvalue weighted by molar-refractivity contribution is -0.137. The molecule has 0 radical (unpaired) electrons. The molecule has 3 aromatic carbocycles. The summed E-state index contributed by atoms with van der Waals surface area (Å²) in [7, 11) is 0. The van der Waals surface area contributed by atoms with Crippen molar-refractivity contribution in [3.63, 3.8) is 0 Å². The van der Waals surface area contributed by atoms with Gasteiger partial charge in [-0.2, -0.15) is 18.4 Å². The maximum absolute atomic E-state index is 13.1. The third-order valence-corrected chi connectivity index (χ3v) is 8.67. The summed E-state index contributed by atoms with van der Waals surface area (Å²) in [6.07, 6.45) is 3.45. The normalized spacial score (nSPS) is 16.7. The lowest BCUT2D eigenvalue weighted by atomic mass is 9.69. The smallest absolute Gasteiger partial charge is 0.303 e. The molecule has 0 spiro atoms. The number of halogens is 4. The van der Waals surface area contributed by atoms with Crippen molar-refractivity contribution in [2.45, 2.75) is 51.1 Å². The zero-order valence-electron chi connectivity index (χ0n) is 23.5. The first kappa shape index (κ1) is 30.6. The molecule has 0 aromatic heterocycles. The summed E-state index contributed by atoms with van der Waals surface area (Å²) in [5.41, 5.74) is 7.09. The fraction of sp³-hybridized carbons (Fsp3) is 0.343. The highest BCUT2D eigenvalue weighted by atomic mass is 35.5. The van der Waals surface area contributed by atoms with Gasteiger partial charge in [0.05, 0.1) is 17.0 Å². The standard InChI is InChI=1S/C35H35F3N2.ClH/c1-25(2)34(24-39,29-14-16-30(17-15-29)35(36,37)38)20-7-21-40-22-18-28(19-23-40)33-31-10-5-3-8-26(31)12-13-27-9-4-6-11-32(27)33;/h3-6,8-17,25H,7,18-23H2,1-2H3;1H. The molecule has 0 amide bonds. The van der Waals surface area contributed by atoms with Crippen LogP contribution in [0.25, 0.3) is 17.7 Å². The van der Waals surface area contributed by atoms with Crippen molar-refractivity contribution >= 4 is 30.1 Å². The van der Waals surface area contributed by atoms with Crippen molar-refractivity contribution in [3.8, 4) is 6.07 Å². The molecule has 41 heavy (non-hydrogen) atoms. The number of hydrogen-bond acceptors (Lipinski definition) is 2. The number of nitriles is 1. The molecule has 1 atom stereocenters. The third-order valence-electron chi connectivity index (χ3n) is 8.67. The van der Waals surface area contributed by atoms with E-state index in [0.29, 0.717) is 12.0 Å². The fourth-order valence-corrected chi connectivity index (χ4v) is 6.30. The molecular weight excluding hydrogens is 541 g/mol. The second-order valence-corrected chi connectivity index (χ2v) is 11.2. The van der Waals surface area contributed by atoms with Crippen LogP contribution in [0, 0.1) is 17.2 Å². The van der Waals surface area contributed by atoms with Gasteiger partial charge in [-0.25, -0.2) is 0 Å². The van der Waals surface area contributed by atoms with Crippen molar-refractivity contribution in [2.24, 2.45) is 5.92 Å². The summed E-state index contributed by atoms with van der Waals surface area (Å²) >= 11 is 0. The summed E-state index contributed by atoms with van der Waals surface area (Å²) in [6.45, 7) is 6.75. The van der Waals surface area contributed by atoms with E-state index in [1.54, 1.807) is 0 Å². The highest BCUT2D eigenvalue weighted by Gasteiger charge is 2.37. The molecule has 1 aliphatic heterocycles. The van der Waals surface area contributed by atoms with Crippen LogP contribution in [0.5, 0.6) is 0 Å². The van der Waals surface area contributed by atoms with Crippen LogP contribution in [0.1, 0.15) is 72.9 Å². The summed E-state index contributed by atoms with van der Waals surface area (Å²) < 4.78 is 39.3. The van der Waals surface area contributed by atoms with Gasteiger partial charge in [-0.1, -0.05) is 92.2 Å². The Labute approximate surface area is 247 Å². The molecule has 6 heteroatoms. The average molecular weight is 577 g/mol. The highest BCUT2D eigenvalue weighted by Crippen LogP contribution is 2.40. The van der Waals surface area contributed by atoms with Gasteiger partial charge < -0.3 is 4.90 Å². The highest BCUT2D eigenvalue weighted by molar-refractivity contribution is 5.94. The van der Waals surface area contributed by atoms with Crippen LogP contribution in [0.4, 0.5) is 13.2 Å². The largest absolute Gasteiger partial charge is 0.416 e. The Morgan fingerprint density at radius 2 is 1.32 bits per heavy atom. The predicted molar refractivity (Wildman–Crippen MR) is 164 cm³/mol. The quantitative estimate of drug-likeness (QED) is 0.228. The molecule has 1 fully saturated rings. The van der Waals surface area contributed by atoms with Crippen LogP contribution in [-0.2, 0) is 11.6 Å². The average Bonchev–Trinajstić information content (AvgIpc) is 3.12. The van der Waals surface area contributed by atoms with Gasteiger partial charge in [0.1, 0.15) is 0 Å². The van der Waals surface area contributed by atoms with Crippen LogP contribution < -0.4 is 0 Å². The Kier molecular flexibility index (Phi) is 9.47. The van der Waals surface area contributed by atoms with Gasteiger partial charge in [0, 0.05) is 13.1 Å². The van der Waals surface area contributed by atoms with Crippen molar-refractivity contribution in [2.75, 3.05) is 19.6 Å². The summed E-state index contributed by atoms with van der Waals surface area (Å²) in [4.78, 5) is 2.46. The second-order valence-electron chi connectivity index (χ2n) is 11.2. The Bertz CT molecular complexity index is 1400. The molecule has 3 aromatic rings. The van der Waals surface area contributed by atoms with E-state index < -0.39 is 17.2 Å². The number of piperidine rings is 1. The maximum atomic E-state index is 13.1. The lowest BCUT2D eigenvalue weighted by Gasteiger charge is -2.34. The predicted octanol–water partition coefficient (Wildman–Crippen LogP) is 9.41. The topological polar surface area (TPSA) is 27.0 Å². The summed E-state index contributed by atoms with van der Waals surface area (Å²) in [5.74, 6) is -0.0177. The SMILES string of the molecule is CC(C)C(C#N)(CCCN1CCC(=C2c3ccccc3C=Cc3ccccc32)CC1)c1ccc(C(F)(F)F)cc1.Cl. The van der Waals surface area contributed by atoms with Gasteiger partial charge in [-0.3, -0.25) is 0 Å². The zero-order valence-corrected chi connectivity index (χ0v) is 24.4. The Morgan fingerprint density at radius 3 is 1.80 bits per heavy atom. The molecule has 0 N–H and O–H groups in total. The Hall–Kier alpha value is -3.33. The molecule has 0 saturated carbocycles. The number of likely N-dealkylation sites (tertiary alicyclic amines) is 1. The minimum Gasteiger partial charge on any atom is -0.303 e. The molecule has 1 heterocycles. The zero-order chi connectivity index (χ0) is 28.3. The van der Waals surface area contributed by atoms with E-state index in [-0.39, 0.29) is 18.3 Å². The number of benzene rings is 3. The molecule has 2 nitrogen and oxygen atoms in total. The summed E-state index contributed by atoms with van der Waals surface area (Å²) in [6, 6.07) is 24.9.